The van der Waals surface area contributed by atoms with E-state index in [1.807, 2.05) is 48.7 Å². The SMILES string of the molecule is OC(COCc1ccco1)Cn1cc(-c2ccccc2)cn1. The monoisotopic (exact) mass is 298 g/mol. The molecule has 0 saturated heterocycles. The lowest BCUT2D eigenvalue weighted by atomic mass is 10.1. The number of nitrogens with zero attached hydrogens (tertiary/aromatic N) is 2. The molecule has 2 heterocycles. The molecule has 3 aromatic rings. The average Bonchev–Trinajstić information content (AvgIpc) is 3.20. The number of aliphatic hydroxyl groups is 1. The van der Waals surface area contributed by atoms with Gasteiger partial charge in [0.15, 0.2) is 0 Å². The molecule has 0 amide bonds. The Morgan fingerprint density at radius 3 is 2.77 bits per heavy atom. The van der Waals surface area contributed by atoms with Gasteiger partial charge in [-0.15, -0.1) is 0 Å². The molecule has 1 atom stereocenters. The first-order valence-corrected chi connectivity index (χ1v) is 7.17. The van der Waals surface area contributed by atoms with Crippen LogP contribution < -0.4 is 0 Å². The summed E-state index contributed by atoms with van der Waals surface area (Å²) in [6.45, 7) is 0.991. The molecule has 22 heavy (non-hydrogen) atoms. The van der Waals surface area contributed by atoms with Gasteiger partial charge >= 0.3 is 0 Å². The molecular formula is C17H18N2O3. The maximum atomic E-state index is 9.99. The van der Waals surface area contributed by atoms with Crippen LogP contribution in [0.1, 0.15) is 5.76 Å². The maximum absolute atomic E-state index is 9.99. The van der Waals surface area contributed by atoms with Gasteiger partial charge in [0.1, 0.15) is 12.4 Å². The molecule has 0 aliphatic carbocycles. The minimum atomic E-state index is -0.613. The van der Waals surface area contributed by atoms with Crippen molar-refractivity contribution in [2.45, 2.75) is 19.3 Å². The van der Waals surface area contributed by atoms with Crippen molar-refractivity contribution in [3.8, 4) is 11.1 Å². The highest BCUT2D eigenvalue weighted by Gasteiger charge is 2.08. The topological polar surface area (TPSA) is 60.4 Å². The normalized spacial score (nSPS) is 12.4. The van der Waals surface area contributed by atoms with Crippen LogP contribution in [0.3, 0.4) is 0 Å². The molecular weight excluding hydrogens is 280 g/mol. The molecule has 5 nitrogen and oxygen atoms in total. The Balaban J connectivity index is 1.49. The smallest absolute Gasteiger partial charge is 0.129 e. The number of hydrogen-bond acceptors (Lipinski definition) is 4. The molecule has 114 valence electrons. The van der Waals surface area contributed by atoms with Crippen molar-refractivity contribution in [1.29, 1.82) is 0 Å². The third kappa shape index (κ3) is 3.84. The van der Waals surface area contributed by atoms with Gasteiger partial charge in [-0.1, -0.05) is 30.3 Å². The number of benzene rings is 1. The van der Waals surface area contributed by atoms with Gasteiger partial charge in [0, 0.05) is 11.8 Å². The van der Waals surface area contributed by atoms with Crippen LogP contribution >= 0.6 is 0 Å². The van der Waals surface area contributed by atoms with Crippen molar-refractivity contribution in [2.24, 2.45) is 0 Å². The Labute approximate surface area is 128 Å². The van der Waals surface area contributed by atoms with E-state index in [1.165, 1.54) is 0 Å². The van der Waals surface area contributed by atoms with Crippen LogP contribution in [0, 0.1) is 0 Å². The van der Waals surface area contributed by atoms with Gasteiger partial charge in [0.2, 0.25) is 0 Å². The van der Waals surface area contributed by atoms with E-state index in [1.54, 1.807) is 17.1 Å². The first kappa shape index (κ1) is 14.6. The zero-order valence-corrected chi connectivity index (χ0v) is 12.1. The lowest BCUT2D eigenvalue weighted by Crippen LogP contribution is -2.22. The van der Waals surface area contributed by atoms with E-state index in [2.05, 4.69) is 5.10 Å². The quantitative estimate of drug-likeness (QED) is 0.728. The molecule has 1 aromatic carbocycles. The van der Waals surface area contributed by atoms with E-state index < -0.39 is 6.10 Å². The van der Waals surface area contributed by atoms with Crippen LogP contribution in [0.5, 0.6) is 0 Å². The summed E-state index contributed by atoms with van der Waals surface area (Å²) < 4.78 is 12.3. The van der Waals surface area contributed by atoms with Crippen LogP contribution in [0.4, 0.5) is 0 Å². The Bertz CT molecular complexity index is 677. The number of ether oxygens (including phenoxy) is 1. The van der Waals surface area contributed by atoms with E-state index in [0.717, 1.165) is 16.9 Å². The van der Waals surface area contributed by atoms with Crippen LogP contribution in [0.25, 0.3) is 11.1 Å². The van der Waals surface area contributed by atoms with E-state index in [9.17, 15) is 5.11 Å². The standard InChI is InChI=1S/C17H18N2O3/c20-16(12-21-13-17-7-4-8-22-17)11-19-10-15(9-18-19)14-5-2-1-3-6-14/h1-10,16,20H,11-13H2. The van der Waals surface area contributed by atoms with E-state index in [0.29, 0.717) is 13.2 Å². The van der Waals surface area contributed by atoms with Gasteiger partial charge in [-0.25, -0.2) is 0 Å². The average molecular weight is 298 g/mol. The molecule has 0 aliphatic rings. The fourth-order valence-electron chi connectivity index (χ4n) is 2.20. The molecule has 3 rings (SSSR count). The van der Waals surface area contributed by atoms with E-state index in [4.69, 9.17) is 9.15 Å². The summed E-state index contributed by atoms with van der Waals surface area (Å²) in [6, 6.07) is 13.7. The van der Waals surface area contributed by atoms with Crippen LogP contribution in [-0.4, -0.2) is 27.6 Å². The minimum absolute atomic E-state index is 0.237. The molecule has 0 saturated carbocycles. The number of furan rings is 1. The first-order chi connectivity index (χ1) is 10.8. The molecule has 0 spiro atoms. The van der Waals surface area contributed by atoms with Gasteiger partial charge in [0.25, 0.3) is 0 Å². The predicted octanol–water partition coefficient (Wildman–Crippen LogP) is 2.72. The molecule has 0 radical (unpaired) electrons. The Kier molecular flexibility index (Phi) is 4.68. The summed E-state index contributed by atoms with van der Waals surface area (Å²) in [4.78, 5) is 0. The zero-order chi connectivity index (χ0) is 15.2. The largest absolute Gasteiger partial charge is 0.467 e. The highest BCUT2D eigenvalue weighted by atomic mass is 16.5. The Morgan fingerprint density at radius 1 is 1.14 bits per heavy atom. The lowest BCUT2D eigenvalue weighted by molar-refractivity contribution is 0.0131. The predicted molar refractivity (Wildman–Crippen MR) is 82.0 cm³/mol. The maximum Gasteiger partial charge on any atom is 0.129 e. The highest BCUT2D eigenvalue weighted by molar-refractivity contribution is 5.61. The van der Waals surface area contributed by atoms with Crippen LogP contribution in [-0.2, 0) is 17.9 Å². The summed E-state index contributed by atoms with van der Waals surface area (Å²) in [6.07, 6.45) is 4.71. The number of rotatable bonds is 7. The molecule has 5 heteroatoms. The highest BCUT2D eigenvalue weighted by Crippen LogP contribution is 2.17. The fraction of sp³-hybridized carbons (Fsp3) is 0.235. The summed E-state index contributed by atoms with van der Waals surface area (Å²) in [5, 5.41) is 14.3. The Hall–Kier alpha value is -2.37. The summed E-state index contributed by atoms with van der Waals surface area (Å²) in [5.41, 5.74) is 2.14. The minimum Gasteiger partial charge on any atom is -0.467 e. The van der Waals surface area contributed by atoms with Gasteiger partial charge in [-0.05, 0) is 17.7 Å². The van der Waals surface area contributed by atoms with Crippen molar-refractivity contribution in [3.05, 3.63) is 66.9 Å². The zero-order valence-electron chi connectivity index (χ0n) is 12.1. The van der Waals surface area contributed by atoms with Crippen molar-refractivity contribution in [3.63, 3.8) is 0 Å². The fourth-order valence-corrected chi connectivity index (χ4v) is 2.20. The van der Waals surface area contributed by atoms with Crippen LogP contribution in [0.15, 0.2) is 65.5 Å². The van der Waals surface area contributed by atoms with Crippen LogP contribution in [0.2, 0.25) is 0 Å². The summed E-state index contributed by atoms with van der Waals surface area (Å²) in [7, 11) is 0. The number of aromatic nitrogens is 2. The second kappa shape index (κ2) is 7.06. The Morgan fingerprint density at radius 2 is 2.00 bits per heavy atom. The third-order valence-electron chi connectivity index (χ3n) is 3.27. The van der Waals surface area contributed by atoms with Crippen molar-refractivity contribution < 1.29 is 14.3 Å². The second-order valence-corrected chi connectivity index (χ2v) is 5.07. The molecule has 2 aromatic heterocycles. The van der Waals surface area contributed by atoms with Gasteiger partial charge in [-0.2, -0.15) is 5.10 Å². The molecule has 0 fully saturated rings. The number of hydrogen-bond donors (Lipinski definition) is 1. The van der Waals surface area contributed by atoms with E-state index in [-0.39, 0.29) is 6.61 Å². The molecule has 1 N–H and O–H groups in total. The molecule has 0 aliphatic heterocycles. The molecule has 1 unspecified atom stereocenters. The summed E-state index contributed by atoms with van der Waals surface area (Å²) in [5.74, 6) is 0.748. The van der Waals surface area contributed by atoms with Crippen molar-refractivity contribution >= 4 is 0 Å². The number of aliphatic hydroxyl groups excluding tert-OH is 1. The van der Waals surface area contributed by atoms with E-state index >= 15 is 0 Å². The van der Waals surface area contributed by atoms with Crippen molar-refractivity contribution in [1.82, 2.24) is 9.78 Å². The van der Waals surface area contributed by atoms with Crippen molar-refractivity contribution in [2.75, 3.05) is 6.61 Å². The van der Waals surface area contributed by atoms with Gasteiger partial charge < -0.3 is 14.3 Å². The lowest BCUT2D eigenvalue weighted by Gasteiger charge is -2.10. The second-order valence-electron chi connectivity index (χ2n) is 5.07. The third-order valence-corrected chi connectivity index (χ3v) is 3.27. The van der Waals surface area contributed by atoms with Gasteiger partial charge in [0.05, 0.1) is 31.7 Å². The summed E-state index contributed by atoms with van der Waals surface area (Å²) >= 11 is 0. The first-order valence-electron chi connectivity index (χ1n) is 7.17. The van der Waals surface area contributed by atoms with Gasteiger partial charge in [-0.3, -0.25) is 4.68 Å². The molecule has 0 bridgehead atoms.